The van der Waals surface area contributed by atoms with Crippen molar-refractivity contribution in [2.45, 2.75) is 19.4 Å². The van der Waals surface area contributed by atoms with Gasteiger partial charge in [0.1, 0.15) is 0 Å². The second-order valence-electron chi connectivity index (χ2n) is 4.07. The van der Waals surface area contributed by atoms with E-state index < -0.39 is 0 Å². The van der Waals surface area contributed by atoms with E-state index >= 15 is 0 Å². The molecule has 1 N–H and O–H groups in total. The Morgan fingerprint density at radius 2 is 2.33 bits per heavy atom. The number of nitrogens with zero attached hydrogens (tertiary/aromatic N) is 3. The van der Waals surface area contributed by atoms with E-state index in [1.54, 1.807) is 4.68 Å². The Hall–Kier alpha value is -0.550. The lowest BCUT2D eigenvalue weighted by molar-refractivity contribution is 0.446. The zero-order valence-corrected chi connectivity index (χ0v) is 9.96. The lowest BCUT2D eigenvalue weighted by Gasteiger charge is -2.21. The summed E-state index contributed by atoms with van der Waals surface area (Å²) < 4.78 is 1.74. The summed E-state index contributed by atoms with van der Waals surface area (Å²) in [6.07, 6.45) is 4.68. The molecule has 0 aromatic carbocycles. The Bertz CT molecular complexity index is 293. The van der Waals surface area contributed by atoms with Crippen molar-refractivity contribution in [3.63, 3.8) is 0 Å². The van der Waals surface area contributed by atoms with Crippen LogP contribution in [0.3, 0.4) is 0 Å². The Kier molecular flexibility index (Phi) is 4.02. The minimum Gasteiger partial charge on any atom is -0.311 e. The summed E-state index contributed by atoms with van der Waals surface area (Å²) in [6.45, 7) is 1.97. The number of hydrogen-bond donors (Lipinski definition) is 1. The van der Waals surface area contributed by atoms with E-state index in [1.807, 2.05) is 13.2 Å². The van der Waals surface area contributed by atoms with Gasteiger partial charge in [-0.25, -0.2) is 0 Å². The molecular formula is C10H18N4S. The Morgan fingerprint density at radius 3 is 3.00 bits per heavy atom. The van der Waals surface area contributed by atoms with Crippen molar-refractivity contribution in [2.75, 3.05) is 18.1 Å². The Labute approximate surface area is 94.8 Å². The third kappa shape index (κ3) is 3.50. The number of aryl methyl sites for hydroxylation is 1. The van der Waals surface area contributed by atoms with Gasteiger partial charge in [0.2, 0.25) is 0 Å². The van der Waals surface area contributed by atoms with Crippen molar-refractivity contribution < 1.29 is 0 Å². The predicted octanol–water partition coefficient (Wildman–Crippen LogP) is 1.05. The number of hydrogen-bond acceptors (Lipinski definition) is 4. The first-order valence-electron chi connectivity index (χ1n) is 5.48. The topological polar surface area (TPSA) is 42.7 Å². The largest absolute Gasteiger partial charge is 0.311 e. The van der Waals surface area contributed by atoms with Gasteiger partial charge in [-0.15, -0.1) is 5.10 Å². The summed E-state index contributed by atoms with van der Waals surface area (Å²) >= 11 is 2.08. The first-order valence-corrected chi connectivity index (χ1v) is 6.64. The molecule has 1 saturated heterocycles. The maximum atomic E-state index is 4.04. The number of thioether (sulfide) groups is 1. The van der Waals surface area contributed by atoms with Crippen LogP contribution in [-0.2, 0) is 13.6 Å². The zero-order chi connectivity index (χ0) is 10.5. The summed E-state index contributed by atoms with van der Waals surface area (Å²) in [5, 5.41) is 11.4. The normalized spacial score (nSPS) is 18.2. The molecule has 0 spiro atoms. The highest BCUT2D eigenvalue weighted by molar-refractivity contribution is 7.99. The van der Waals surface area contributed by atoms with Gasteiger partial charge in [0.15, 0.2) is 0 Å². The molecule has 0 atom stereocenters. The number of rotatable bonds is 4. The van der Waals surface area contributed by atoms with Crippen molar-refractivity contribution in [3.05, 3.63) is 11.9 Å². The molecule has 1 fully saturated rings. The van der Waals surface area contributed by atoms with E-state index in [2.05, 4.69) is 27.4 Å². The van der Waals surface area contributed by atoms with Crippen LogP contribution in [0.2, 0.25) is 0 Å². The van der Waals surface area contributed by atoms with Crippen LogP contribution in [0.5, 0.6) is 0 Å². The van der Waals surface area contributed by atoms with Gasteiger partial charge >= 0.3 is 0 Å². The standard InChI is InChI=1S/C10H18N4S/c1-14-8-10(12-13-14)7-11-6-9-2-4-15-5-3-9/h8-9,11H,2-7H2,1H3. The summed E-state index contributed by atoms with van der Waals surface area (Å²) in [5.74, 6) is 3.53. The van der Waals surface area contributed by atoms with Gasteiger partial charge in [0.25, 0.3) is 0 Å². The van der Waals surface area contributed by atoms with E-state index in [0.717, 1.165) is 24.7 Å². The van der Waals surface area contributed by atoms with Crippen LogP contribution in [0.15, 0.2) is 6.20 Å². The molecule has 2 heterocycles. The van der Waals surface area contributed by atoms with Gasteiger partial charge in [0.05, 0.1) is 5.69 Å². The molecular weight excluding hydrogens is 208 g/mol. The molecule has 4 nitrogen and oxygen atoms in total. The van der Waals surface area contributed by atoms with Crippen molar-refractivity contribution in [1.82, 2.24) is 20.3 Å². The van der Waals surface area contributed by atoms with Gasteiger partial charge in [0, 0.05) is 19.8 Å². The highest BCUT2D eigenvalue weighted by Crippen LogP contribution is 2.21. The molecule has 1 aromatic rings. The van der Waals surface area contributed by atoms with Crippen LogP contribution in [0.1, 0.15) is 18.5 Å². The minimum atomic E-state index is 0.845. The molecule has 1 aliphatic heterocycles. The summed E-state index contributed by atoms with van der Waals surface area (Å²) in [7, 11) is 1.90. The average Bonchev–Trinajstić information content (AvgIpc) is 2.66. The number of nitrogens with one attached hydrogen (secondary N) is 1. The fourth-order valence-electron chi connectivity index (χ4n) is 1.83. The maximum absolute atomic E-state index is 4.04. The average molecular weight is 226 g/mol. The molecule has 0 radical (unpaired) electrons. The highest BCUT2D eigenvalue weighted by Gasteiger charge is 2.12. The molecule has 84 valence electrons. The summed E-state index contributed by atoms with van der Waals surface area (Å²) in [6, 6.07) is 0. The van der Waals surface area contributed by atoms with Crippen molar-refractivity contribution in [1.29, 1.82) is 0 Å². The van der Waals surface area contributed by atoms with E-state index in [-0.39, 0.29) is 0 Å². The van der Waals surface area contributed by atoms with Gasteiger partial charge in [-0.1, -0.05) is 5.21 Å². The first kappa shape index (κ1) is 11.0. The van der Waals surface area contributed by atoms with Crippen LogP contribution in [0.25, 0.3) is 0 Å². The van der Waals surface area contributed by atoms with E-state index in [4.69, 9.17) is 0 Å². The SMILES string of the molecule is Cn1cc(CNCC2CCSCC2)nn1. The zero-order valence-electron chi connectivity index (χ0n) is 9.15. The van der Waals surface area contributed by atoms with Gasteiger partial charge in [-0.3, -0.25) is 4.68 Å². The fourth-order valence-corrected chi connectivity index (χ4v) is 3.04. The second kappa shape index (κ2) is 5.51. The summed E-state index contributed by atoms with van der Waals surface area (Å²) in [4.78, 5) is 0. The van der Waals surface area contributed by atoms with Crippen LogP contribution < -0.4 is 5.32 Å². The third-order valence-corrected chi connectivity index (χ3v) is 3.78. The summed E-state index contributed by atoms with van der Waals surface area (Å²) in [5.41, 5.74) is 1.03. The van der Waals surface area contributed by atoms with Crippen LogP contribution in [-0.4, -0.2) is 33.0 Å². The van der Waals surface area contributed by atoms with Crippen LogP contribution in [0.4, 0.5) is 0 Å². The molecule has 5 heteroatoms. The van der Waals surface area contributed by atoms with Gasteiger partial charge in [-0.05, 0) is 36.8 Å². The molecule has 0 unspecified atom stereocenters. The molecule has 2 rings (SSSR count). The van der Waals surface area contributed by atoms with E-state index in [0.29, 0.717) is 0 Å². The van der Waals surface area contributed by atoms with E-state index in [9.17, 15) is 0 Å². The van der Waals surface area contributed by atoms with E-state index in [1.165, 1.54) is 24.3 Å². The van der Waals surface area contributed by atoms with Gasteiger partial charge < -0.3 is 5.32 Å². The molecule has 1 aromatic heterocycles. The maximum Gasteiger partial charge on any atom is 0.0964 e. The molecule has 1 aliphatic rings. The lowest BCUT2D eigenvalue weighted by atomic mass is 10.0. The first-order chi connectivity index (χ1) is 7.34. The quantitative estimate of drug-likeness (QED) is 0.833. The van der Waals surface area contributed by atoms with Crippen molar-refractivity contribution in [3.8, 4) is 0 Å². The monoisotopic (exact) mass is 226 g/mol. The van der Waals surface area contributed by atoms with Crippen molar-refractivity contribution in [2.24, 2.45) is 13.0 Å². The molecule has 0 aliphatic carbocycles. The highest BCUT2D eigenvalue weighted by atomic mass is 32.2. The molecule has 15 heavy (non-hydrogen) atoms. The lowest BCUT2D eigenvalue weighted by Crippen LogP contribution is -2.25. The van der Waals surface area contributed by atoms with Gasteiger partial charge in [-0.2, -0.15) is 11.8 Å². The molecule has 0 amide bonds. The Balaban J connectivity index is 1.65. The Morgan fingerprint density at radius 1 is 1.53 bits per heavy atom. The van der Waals surface area contributed by atoms with Crippen LogP contribution in [0, 0.1) is 5.92 Å². The predicted molar refractivity (Wildman–Crippen MR) is 62.8 cm³/mol. The third-order valence-electron chi connectivity index (χ3n) is 2.73. The van der Waals surface area contributed by atoms with Crippen molar-refractivity contribution >= 4 is 11.8 Å². The fraction of sp³-hybridized carbons (Fsp3) is 0.800. The molecule has 0 bridgehead atoms. The minimum absolute atomic E-state index is 0.845. The molecule has 0 saturated carbocycles. The van der Waals surface area contributed by atoms with Crippen LogP contribution >= 0.6 is 11.8 Å². The number of aromatic nitrogens is 3. The second-order valence-corrected chi connectivity index (χ2v) is 5.29. The smallest absolute Gasteiger partial charge is 0.0964 e.